The van der Waals surface area contributed by atoms with Crippen molar-refractivity contribution in [3.8, 4) is 0 Å². The van der Waals surface area contributed by atoms with Gasteiger partial charge in [0.1, 0.15) is 11.2 Å². The third-order valence-electron chi connectivity index (χ3n) is 3.72. The summed E-state index contributed by atoms with van der Waals surface area (Å²) in [6, 6.07) is 0. The topological polar surface area (TPSA) is 52.6 Å². The van der Waals surface area contributed by atoms with E-state index in [0.29, 0.717) is 19.4 Å². The average Bonchev–Trinajstić information content (AvgIpc) is 2.76. The number of ketones is 1. The molecule has 0 N–H and O–H groups in total. The highest BCUT2D eigenvalue weighted by molar-refractivity contribution is 6.03. The number of carbonyl (C=O) groups excluding carboxylic acids is 2. The Hall–Kier alpha value is -0.900. The van der Waals surface area contributed by atoms with Gasteiger partial charge in [-0.1, -0.05) is 0 Å². The zero-order chi connectivity index (χ0) is 11.8. The van der Waals surface area contributed by atoms with Gasteiger partial charge in [0.25, 0.3) is 0 Å². The largest absolute Gasteiger partial charge is 0.465 e. The van der Waals surface area contributed by atoms with Crippen LogP contribution in [0.3, 0.4) is 0 Å². The molecule has 0 aromatic rings. The van der Waals surface area contributed by atoms with Crippen LogP contribution in [0.1, 0.15) is 39.5 Å². The van der Waals surface area contributed by atoms with E-state index in [-0.39, 0.29) is 24.0 Å². The van der Waals surface area contributed by atoms with Gasteiger partial charge < -0.3 is 9.47 Å². The zero-order valence-electron chi connectivity index (χ0n) is 9.82. The van der Waals surface area contributed by atoms with Crippen molar-refractivity contribution in [2.75, 3.05) is 6.61 Å². The monoisotopic (exact) mass is 226 g/mol. The molecule has 3 unspecified atom stereocenters. The Bertz CT molecular complexity index is 312. The number of Topliss-reactive ketones (excluding diaryl/α,β-unsaturated/α-hetero) is 1. The van der Waals surface area contributed by atoms with E-state index in [0.717, 1.165) is 12.8 Å². The Morgan fingerprint density at radius 3 is 2.69 bits per heavy atom. The fourth-order valence-corrected chi connectivity index (χ4v) is 2.63. The van der Waals surface area contributed by atoms with E-state index in [1.807, 2.05) is 6.92 Å². The lowest BCUT2D eigenvalue weighted by molar-refractivity contribution is -0.153. The summed E-state index contributed by atoms with van der Waals surface area (Å²) in [5.74, 6) is -0.443. The summed E-state index contributed by atoms with van der Waals surface area (Å²) in [5.41, 5.74) is -0.922. The first-order valence-electron chi connectivity index (χ1n) is 5.88. The summed E-state index contributed by atoms with van der Waals surface area (Å²) < 4.78 is 10.6. The Kier molecular flexibility index (Phi) is 3.02. The van der Waals surface area contributed by atoms with Crippen molar-refractivity contribution in [2.24, 2.45) is 5.41 Å². The fraction of sp³-hybridized carbons (Fsp3) is 0.833. The molecule has 90 valence electrons. The highest BCUT2D eigenvalue weighted by Crippen LogP contribution is 2.39. The number of hydrogen-bond acceptors (Lipinski definition) is 4. The predicted octanol–water partition coefficient (Wildman–Crippen LogP) is 1.47. The van der Waals surface area contributed by atoms with Gasteiger partial charge in [-0.3, -0.25) is 9.59 Å². The van der Waals surface area contributed by atoms with Gasteiger partial charge in [-0.05, 0) is 33.1 Å². The normalized spacial score (nSPS) is 38.8. The molecule has 0 spiro atoms. The van der Waals surface area contributed by atoms with E-state index in [1.165, 1.54) is 6.92 Å². The van der Waals surface area contributed by atoms with Crippen molar-refractivity contribution in [1.29, 1.82) is 0 Å². The van der Waals surface area contributed by atoms with Gasteiger partial charge in [0, 0.05) is 6.42 Å². The quantitative estimate of drug-likeness (QED) is 0.540. The van der Waals surface area contributed by atoms with Crippen molar-refractivity contribution in [2.45, 2.75) is 51.7 Å². The molecule has 3 atom stereocenters. The summed E-state index contributed by atoms with van der Waals surface area (Å²) in [7, 11) is 0. The van der Waals surface area contributed by atoms with Crippen LogP contribution in [0.2, 0.25) is 0 Å². The highest BCUT2D eigenvalue weighted by atomic mass is 16.5. The second kappa shape index (κ2) is 4.17. The van der Waals surface area contributed by atoms with Crippen molar-refractivity contribution in [1.82, 2.24) is 0 Å². The van der Waals surface area contributed by atoms with Crippen LogP contribution in [0, 0.1) is 5.41 Å². The molecule has 2 fully saturated rings. The van der Waals surface area contributed by atoms with Crippen LogP contribution in [-0.2, 0) is 19.1 Å². The van der Waals surface area contributed by atoms with Gasteiger partial charge in [-0.2, -0.15) is 0 Å². The summed E-state index contributed by atoms with van der Waals surface area (Å²) in [4.78, 5) is 23.4. The summed E-state index contributed by atoms with van der Waals surface area (Å²) >= 11 is 0. The van der Waals surface area contributed by atoms with Crippen LogP contribution in [0.15, 0.2) is 0 Å². The van der Waals surface area contributed by atoms with Crippen molar-refractivity contribution < 1.29 is 19.1 Å². The number of esters is 1. The lowest BCUT2D eigenvalue weighted by atomic mass is 9.77. The van der Waals surface area contributed by atoms with Crippen LogP contribution in [0.4, 0.5) is 0 Å². The summed E-state index contributed by atoms with van der Waals surface area (Å²) in [6.45, 7) is 3.86. The molecule has 2 heterocycles. The van der Waals surface area contributed by atoms with E-state index in [1.54, 1.807) is 0 Å². The molecule has 0 aromatic heterocycles. The zero-order valence-corrected chi connectivity index (χ0v) is 9.82. The molecule has 0 saturated carbocycles. The molecule has 0 amide bonds. The molecule has 2 aliphatic heterocycles. The number of carbonyl (C=O) groups is 2. The molecule has 4 heteroatoms. The summed E-state index contributed by atoms with van der Waals surface area (Å²) in [6.07, 6.45) is 3.22. The van der Waals surface area contributed by atoms with E-state index in [9.17, 15) is 9.59 Å². The molecular formula is C12H18O4. The second-order valence-electron chi connectivity index (χ2n) is 4.87. The molecule has 2 aliphatic rings. The van der Waals surface area contributed by atoms with Crippen molar-refractivity contribution in [3.63, 3.8) is 0 Å². The Morgan fingerprint density at radius 2 is 2.25 bits per heavy atom. The van der Waals surface area contributed by atoms with Gasteiger partial charge in [-0.25, -0.2) is 0 Å². The average molecular weight is 226 g/mol. The molecule has 2 rings (SSSR count). The first-order valence-corrected chi connectivity index (χ1v) is 5.88. The van der Waals surface area contributed by atoms with Gasteiger partial charge in [0.2, 0.25) is 0 Å². The standard InChI is InChI=1S/C12H18O4/c1-8-3-4-10(16-8)7-12(9(2)13)5-6-15-11(12)14/h8,10H,3-7H2,1-2H3. The van der Waals surface area contributed by atoms with Crippen LogP contribution in [0.25, 0.3) is 0 Å². The molecule has 4 nitrogen and oxygen atoms in total. The minimum absolute atomic E-state index is 0.0320. The first kappa shape index (κ1) is 11.6. The SMILES string of the molecule is CC(=O)C1(CC2CCC(C)O2)CCOC1=O. The molecule has 0 aliphatic carbocycles. The van der Waals surface area contributed by atoms with Gasteiger partial charge in [0.05, 0.1) is 18.8 Å². The van der Waals surface area contributed by atoms with Crippen LogP contribution in [-0.4, -0.2) is 30.6 Å². The third-order valence-corrected chi connectivity index (χ3v) is 3.72. The minimum atomic E-state index is -0.922. The third kappa shape index (κ3) is 1.86. The van der Waals surface area contributed by atoms with Gasteiger partial charge in [-0.15, -0.1) is 0 Å². The maximum absolute atomic E-state index is 11.7. The van der Waals surface area contributed by atoms with Crippen LogP contribution < -0.4 is 0 Å². The van der Waals surface area contributed by atoms with Gasteiger partial charge >= 0.3 is 5.97 Å². The maximum Gasteiger partial charge on any atom is 0.319 e. The fourth-order valence-electron chi connectivity index (χ4n) is 2.63. The minimum Gasteiger partial charge on any atom is -0.465 e. The maximum atomic E-state index is 11.7. The molecular weight excluding hydrogens is 208 g/mol. The highest BCUT2D eigenvalue weighted by Gasteiger charge is 2.50. The molecule has 0 radical (unpaired) electrons. The van der Waals surface area contributed by atoms with E-state index >= 15 is 0 Å². The molecule has 0 bridgehead atoms. The Labute approximate surface area is 95.3 Å². The van der Waals surface area contributed by atoms with Crippen molar-refractivity contribution >= 4 is 11.8 Å². The number of hydrogen-bond donors (Lipinski definition) is 0. The molecule has 0 aromatic carbocycles. The molecule has 16 heavy (non-hydrogen) atoms. The lowest BCUT2D eigenvalue weighted by Crippen LogP contribution is -2.37. The van der Waals surface area contributed by atoms with Crippen molar-refractivity contribution in [3.05, 3.63) is 0 Å². The van der Waals surface area contributed by atoms with Gasteiger partial charge in [0.15, 0.2) is 0 Å². The van der Waals surface area contributed by atoms with Crippen LogP contribution in [0.5, 0.6) is 0 Å². The van der Waals surface area contributed by atoms with E-state index in [4.69, 9.17) is 9.47 Å². The number of cyclic esters (lactones) is 1. The predicted molar refractivity (Wildman–Crippen MR) is 56.9 cm³/mol. The first-order chi connectivity index (χ1) is 7.54. The summed E-state index contributed by atoms with van der Waals surface area (Å²) in [5, 5.41) is 0. The second-order valence-corrected chi connectivity index (χ2v) is 4.87. The molecule has 2 saturated heterocycles. The van der Waals surface area contributed by atoms with E-state index < -0.39 is 5.41 Å². The Morgan fingerprint density at radius 1 is 1.50 bits per heavy atom. The lowest BCUT2D eigenvalue weighted by Gasteiger charge is -2.24. The smallest absolute Gasteiger partial charge is 0.319 e. The number of ether oxygens (including phenoxy) is 2. The van der Waals surface area contributed by atoms with Crippen LogP contribution >= 0.6 is 0 Å². The Balaban J connectivity index is 2.09. The number of rotatable bonds is 3. The van der Waals surface area contributed by atoms with E-state index in [2.05, 4.69) is 0 Å².